The van der Waals surface area contributed by atoms with E-state index < -0.39 is 5.41 Å². The summed E-state index contributed by atoms with van der Waals surface area (Å²) < 4.78 is 4.76. The maximum atomic E-state index is 11.6. The van der Waals surface area contributed by atoms with Crippen LogP contribution in [0.2, 0.25) is 0 Å². The van der Waals surface area contributed by atoms with Gasteiger partial charge in [-0.3, -0.25) is 4.79 Å². The summed E-state index contributed by atoms with van der Waals surface area (Å²) in [6.45, 7) is 5.58. The molecule has 0 saturated heterocycles. The lowest BCUT2D eigenvalue weighted by molar-refractivity contribution is -0.146. The van der Waals surface area contributed by atoms with Crippen molar-refractivity contribution in [2.24, 2.45) is 0 Å². The Morgan fingerprint density at radius 3 is 2.47 bits per heavy atom. The highest BCUT2D eigenvalue weighted by atomic mass is 16.5. The number of carbonyl (C=O) groups is 1. The van der Waals surface area contributed by atoms with Crippen molar-refractivity contribution >= 4 is 11.7 Å². The summed E-state index contributed by atoms with van der Waals surface area (Å²) in [5.74, 6) is -0.259. The monoisotopic (exact) mass is 207 g/mol. The predicted octanol–water partition coefficient (Wildman–Crippen LogP) is 2.03. The van der Waals surface area contributed by atoms with Crippen LogP contribution in [0.25, 0.3) is 0 Å². The minimum Gasteiger partial charge on any atom is -0.468 e. The zero-order valence-electron chi connectivity index (χ0n) is 9.63. The van der Waals surface area contributed by atoms with E-state index in [1.807, 2.05) is 39.0 Å². The Balaban J connectivity index is 3.16. The molecule has 1 aromatic carbocycles. The number of ether oxygens (including phenoxy) is 1. The van der Waals surface area contributed by atoms with Gasteiger partial charge in [-0.15, -0.1) is 0 Å². The molecule has 3 nitrogen and oxygen atoms in total. The van der Waals surface area contributed by atoms with Crippen molar-refractivity contribution in [2.45, 2.75) is 26.2 Å². The van der Waals surface area contributed by atoms with Crippen LogP contribution >= 0.6 is 0 Å². The molecule has 0 aromatic heterocycles. The normalized spacial score (nSPS) is 11.2. The highest BCUT2D eigenvalue weighted by Crippen LogP contribution is 2.27. The SMILES string of the molecule is COC(=O)C(C)(C)c1ccc(C)c(N)c1. The number of anilines is 1. The maximum Gasteiger partial charge on any atom is 0.315 e. The van der Waals surface area contributed by atoms with Crippen molar-refractivity contribution in [3.8, 4) is 0 Å². The third-order valence-corrected chi connectivity index (χ3v) is 2.70. The van der Waals surface area contributed by atoms with Crippen molar-refractivity contribution in [2.75, 3.05) is 12.8 Å². The molecule has 0 bridgehead atoms. The van der Waals surface area contributed by atoms with Crippen LogP contribution in [0.5, 0.6) is 0 Å². The summed E-state index contributed by atoms with van der Waals surface area (Å²) in [5.41, 5.74) is 7.74. The van der Waals surface area contributed by atoms with E-state index >= 15 is 0 Å². The van der Waals surface area contributed by atoms with E-state index in [0.29, 0.717) is 5.69 Å². The Morgan fingerprint density at radius 1 is 1.40 bits per heavy atom. The molecule has 1 rings (SSSR count). The molecule has 0 atom stereocenters. The molecule has 0 unspecified atom stereocenters. The first kappa shape index (κ1) is 11.6. The fourth-order valence-electron chi connectivity index (χ4n) is 1.40. The van der Waals surface area contributed by atoms with E-state index in [1.165, 1.54) is 7.11 Å². The number of nitrogens with two attached hydrogens (primary N) is 1. The molecule has 3 heteroatoms. The van der Waals surface area contributed by atoms with Crippen LogP contribution in [0.15, 0.2) is 18.2 Å². The third-order valence-electron chi connectivity index (χ3n) is 2.70. The second kappa shape index (κ2) is 3.93. The van der Waals surface area contributed by atoms with Crippen molar-refractivity contribution in [1.29, 1.82) is 0 Å². The van der Waals surface area contributed by atoms with Crippen LogP contribution in [0.4, 0.5) is 5.69 Å². The van der Waals surface area contributed by atoms with Crippen molar-refractivity contribution in [3.05, 3.63) is 29.3 Å². The summed E-state index contributed by atoms with van der Waals surface area (Å²) in [5, 5.41) is 0. The van der Waals surface area contributed by atoms with Gasteiger partial charge in [0.05, 0.1) is 12.5 Å². The molecular weight excluding hydrogens is 190 g/mol. The zero-order chi connectivity index (χ0) is 11.6. The molecule has 0 radical (unpaired) electrons. The number of rotatable bonds is 2. The van der Waals surface area contributed by atoms with Gasteiger partial charge in [0.25, 0.3) is 0 Å². The quantitative estimate of drug-likeness (QED) is 0.596. The summed E-state index contributed by atoms with van der Waals surface area (Å²) in [6, 6.07) is 5.64. The van der Waals surface area contributed by atoms with E-state index in [4.69, 9.17) is 10.5 Å². The predicted molar refractivity (Wildman–Crippen MR) is 60.6 cm³/mol. The van der Waals surface area contributed by atoms with Crippen LogP contribution < -0.4 is 5.73 Å². The molecule has 0 aliphatic heterocycles. The summed E-state index contributed by atoms with van der Waals surface area (Å²) >= 11 is 0. The van der Waals surface area contributed by atoms with E-state index in [2.05, 4.69) is 0 Å². The molecule has 0 amide bonds. The molecule has 0 aliphatic carbocycles. The molecule has 0 heterocycles. The Labute approximate surface area is 90.2 Å². The average molecular weight is 207 g/mol. The minimum atomic E-state index is -0.656. The first-order chi connectivity index (χ1) is 6.89. The van der Waals surface area contributed by atoms with E-state index in [0.717, 1.165) is 11.1 Å². The highest BCUT2D eigenvalue weighted by Gasteiger charge is 2.30. The average Bonchev–Trinajstić information content (AvgIpc) is 2.20. The Bertz CT molecular complexity index is 383. The second-order valence-electron chi connectivity index (χ2n) is 4.19. The van der Waals surface area contributed by atoms with Gasteiger partial charge >= 0.3 is 5.97 Å². The largest absolute Gasteiger partial charge is 0.468 e. The first-order valence-electron chi connectivity index (χ1n) is 4.84. The molecular formula is C12H17NO2. The number of esters is 1. The second-order valence-corrected chi connectivity index (χ2v) is 4.19. The lowest BCUT2D eigenvalue weighted by Gasteiger charge is -2.22. The lowest BCUT2D eigenvalue weighted by atomic mass is 9.84. The molecule has 15 heavy (non-hydrogen) atoms. The first-order valence-corrected chi connectivity index (χ1v) is 4.84. The standard InChI is InChI=1S/C12H17NO2/c1-8-5-6-9(7-10(8)13)12(2,3)11(14)15-4/h5-7H,13H2,1-4H3. The van der Waals surface area contributed by atoms with E-state index in [-0.39, 0.29) is 5.97 Å². The maximum absolute atomic E-state index is 11.6. The molecule has 0 spiro atoms. The summed E-state index contributed by atoms with van der Waals surface area (Å²) in [4.78, 5) is 11.6. The van der Waals surface area contributed by atoms with Crippen LogP contribution in [-0.2, 0) is 14.9 Å². The van der Waals surface area contributed by atoms with Gasteiger partial charge in [-0.2, -0.15) is 0 Å². The number of nitrogen functional groups attached to an aromatic ring is 1. The number of benzene rings is 1. The van der Waals surface area contributed by atoms with E-state index in [9.17, 15) is 4.79 Å². The van der Waals surface area contributed by atoms with Crippen LogP contribution in [0, 0.1) is 6.92 Å². The Morgan fingerprint density at radius 2 is 2.00 bits per heavy atom. The van der Waals surface area contributed by atoms with Gasteiger partial charge in [-0.1, -0.05) is 12.1 Å². The number of aryl methyl sites for hydroxylation is 1. The number of hydrogen-bond acceptors (Lipinski definition) is 3. The van der Waals surface area contributed by atoms with Gasteiger partial charge < -0.3 is 10.5 Å². The van der Waals surface area contributed by atoms with Gasteiger partial charge in [-0.05, 0) is 38.0 Å². The number of carbonyl (C=O) groups excluding carboxylic acids is 1. The fraction of sp³-hybridized carbons (Fsp3) is 0.417. The van der Waals surface area contributed by atoms with Crippen LogP contribution in [0.3, 0.4) is 0 Å². The Kier molecular flexibility index (Phi) is 3.03. The van der Waals surface area contributed by atoms with Crippen LogP contribution in [-0.4, -0.2) is 13.1 Å². The van der Waals surface area contributed by atoms with Gasteiger partial charge in [0.15, 0.2) is 0 Å². The van der Waals surface area contributed by atoms with Crippen molar-refractivity contribution in [3.63, 3.8) is 0 Å². The summed E-state index contributed by atoms with van der Waals surface area (Å²) in [6.07, 6.45) is 0. The molecule has 0 aliphatic rings. The topological polar surface area (TPSA) is 52.3 Å². The van der Waals surface area contributed by atoms with Crippen molar-refractivity contribution < 1.29 is 9.53 Å². The molecule has 0 fully saturated rings. The van der Waals surface area contributed by atoms with Crippen molar-refractivity contribution in [1.82, 2.24) is 0 Å². The smallest absolute Gasteiger partial charge is 0.315 e. The molecule has 0 saturated carbocycles. The fourth-order valence-corrected chi connectivity index (χ4v) is 1.40. The van der Waals surface area contributed by atoms with Gasteiger partial charge in [0.2, 0.25) is 0 Å². The molecule has 1 aromatic rings. The van der Waals surface area contributed by atoms with Gasteiger partial charge in [0, 0.05) is 5.69 Å². The minimum absolute atomic E-state index is 0.259. The lowest BCUT2D eigenvalue weighted by Crippen LogP contribution is -2.30. The third kappa shape index (κ3) is 2.12. The molecule has 2 N–H and O–H groups in total. The number of methoxy groups -OCH3 is 1. The molecule has 82 valence electrons. The number of hydrogen-bond donors (Lipinski definition) is 1. The Hall–Kier alpha value is -1.51. The summed E-state index contributed by atoms with van der Waals surface area (Å²) in [7, 11) is 1.39. The highest BCUT2D eigenvalue weighted by molar-refractivity contribution is 5.82. The van der Waals surface area contributed by atoms with Gasteiger partial charge in [0.1, 0.15) is 0 Å². The van der Waals surface area contributed by atoms with Crippen LogP contribution in [0.1, 0.15) is 25.0 Å². The zero-order valence-corrected chi connectivity index (χ0v) is 9.63. The van der Waals surface area contributed by atoms with Gasteiger partial charge in [-0.25, -0.2) is 0 Å². The van der Waals surface area contributed by atoms with E-state index in [1.54, 1.807) is 0 Å².